The Morgan fingerprint density at radius 1 is 1.42 bits per heavy atom. The molecule has 1 aromatic heterocycles. The van der Waals surface area contributed by atoms with Gasteiger partial charge >= 0.3 is 5.69 Å². The first kappa shape index (κ1) is 13.5. The van der Waals surface area contributed by atoms with Crippen molar-refractivity contribution in [3.63, 3.8) is 0 Å². The SMILES string of the molecule is CC(=O)c1cc([N+](=O)[O-])c(Oc2cccc(Cl)c2)s1. The highest BCUT2D eigenvalue weighted by Crippen LogP contribution is 2.40. The zero-order chi connectivity index (χ0) is 14.0. The van der Waals surface area contributed by atoms with E-state index in [4.69, 9.17) is 16.3 Å². The number of nitro groups is 1. The van der Waals surface area contributed by atoms with Crippen molar-refractivity contribution in [2.24, 2.45) is 0 Å². The molecule has 0 aliphatic rings. The first-order chi connectivity index (χ1) is 8.97. The number of rotatable bonds is 4. The van der Waals surface area contributed by atoms with E-state index in [2.05, 4.69) is 0 Å². The van der Waals surface area contributed by atoms with Gasteiger partial charge in [0.25, 0.3) is 5.06 Å². The number of thiophene rings is 1. The van der Waals surface area contributed by atoms with Crippen molar-refractivity contribution in [3.05, 3.63) is 50.3 Å². The number of hydrogen-bond donors (Lipinski definition) is 0. The van der Waals surface area contributed by atoms with Gasteiger partial charge in [0.05, 0.1) is 9.80 Å². The quantitative estimate of drug-likeness (QED) is 0.479. The molecular formula is C12H8ClNO4S. The highest BCUT2D eigenvalue weighted by molar-refractivity contribution is 7.16. The molecule has 0 spiro atoms. The average molecular weight is 298 g/mol. The van der Waals surface area contributed by atoms with Crippen molar-refractivity contribution in [1.29, 1.82) is 0 Å². The zero-order valence-electron chi connectivity index (χ0n) is 9.75. The molecule has 0 aliphatic heterocycles. The van der Waals surface area contributed by atoms with Crippen molar-refractivity contribution >= 4 is 34.4 Å². The lowest BCUT2D eigenvalue weighted by atomic mass is 10.3. The van der Waals surface area contributed by atoms with Crippen molar-refractivity contribution in [3.8, 4) is 10.8 Å². The maximum absolute atomic E-state index is 11.3. The maximum Gasteiger partial charge on any atom is 0.323 e. The van der Waals surface area contributed by atoms with Crippen molar-refractivity contribution < 1.29 is 14.5 Å². The predicted molar refractivity (Wildman–Crippen MR) is 72.5 cm³/mol. The minimum absolute atomic E-state index is 0.0671. The lowest BCUT2D eigenvalue weighted by molar-refractivity contribution is -0.385. The number of ketones is 1. The summed E-state index contributed by atoms with van der Waals surface area (Å²) in [5, 5.41) is 11.4. The Bertz CT molecular complexity index is 653. The fraction of sp³-hybridized carbons (Fsp3) is 0.0833. The van der Waals surface area contributed by atoms with Crippen LogP contribution in [-0.2, 0) is 0 Å². The third-order valence-corrected chi connectivity index (χ3v) is 3.57. The van der Waals surface area contributed by atoms with Gasteiger partial charge in [0, 0.05) is 11.1 Å². The molecule has 0 saturated heterocycles. The van der Waals surface area contributed by atoms with E-state index in [1.807, 2.05) is 0 Å². The minimum atomic E-state index is -0.581. The summed E-state index contributed by atoms with van der Waals surface area (Å²) in [4.78, 5) is 21.9. The summed E-state index contributed by atoms with van der Waals surface area (Å²) in [7, 11) is 0. The van der Waals surface area contributed by atoms with Gasteiger partial charge in [-0.3, -0.25) is 14.9 Å². The Balaban J connectivity index is 2.38. The lowest BCUT2D eigenvalue weighted by Crippen LogP contribution is -1.89. The van der Waals surface area contributed by atoms with Gasteiger partial charge in [0.1, 0.15) is 5.75 Å². The molecule has 1 aromatic carbocycles. The van der Waals surface area contributed by atoms with Crippen molar-refractivity contribution in [2.75, 3.05) is 0 Å². The lowest BCUT2D eigenvalue weighted by Gasteiger charge is -2.02. The fourth-order valence-corrected chi connectivity index (χ4v) is 2.45. The van der Waals surface area contributed by atoms with E-state index in [1.165, 1.54) is 13.0 Å². The van der Waals surface area contributed by atoms with Crippen LogP contribution in [0.1, 0.15) is 16.6 Å². The highest BCUT2D eigenvalue weighted by Gasteiger charge is 2.22. The summed E-state index contributed by atoms with van der Waals surface area (Å²) in [6, 6.07) is 7.72. The second-order valence-corrected chi connectivity index (χ2v) is 5.11. The number of carbonyl (C=O) groups is 1. The molecule has 0 bridgehead atoms. The van der Waals surface area contributed by atoms with Gasteiger partial charge in [-0.05, 0) is 25.1 Å². The zero-order valence-corrected chi connectivity index (χ0v) is 11.3. The van der Waals surface area contributed by atoms with Gasteiger partial charge in [-0.2, -0.15) is 0 Å². The second-order valence-electron chi connectivity index (χ2n) is 3.66. The first-order valence-corrected chi connectivity index (χ1v) is 6.39. The van der Waals surface area contributed by atoms with E-state index >= 15 is 0 Å². The largest absolute Gasteiger partial charge is 0.440 e. The Morgan fingerprint density at radius 2 is 2.16 bits per heavy atom. The van der Waals surface area contributed by atoms with Crippen LogP contribution in [0.15, 0.2) is 30.3 Å². The molecule has 5 nitrogen and oxygen atoms in total. The summed E-state index contributed by atoms with van der Waals surface area (Å²) in [5.41, 5.74) is -0.227. The van der Waals surface area contributed by atoms with E-state index in [-0.39, 0.29) is 21.4 Å². The molecule has 0 radical (unpaired) electrons. The van der Waals surface area contributed by atoms with Gasteiger partial charge in [0.15, 0.2) is 5.78 Å². The third kappa shape index (κ3) is 3.10. The molecule has 2 aromatic rings. The molecule has 0 unspecified atom stereocenters. The number of hydrogen-bond acceptors (Lipinski definition) is 5. The Labute approximate surface area is 117 Å². The van der Waals surface area contributed by atoms with Crippen LogP contribution in [0.25, 0.3) is 0 Å². The normalized spacial score (nSPS) is 10.2. The molecule has 0 amide bonds. The highest BCUT2D eigenvalue weighted by atomic mass is 35.5. The van der Waals surface area contributed by atoms with Crippen LogP contribution in [0.3, 0.4) is 0 Å². The van der Waals surface area contributed by atoms with Gasteiger partial charge in [-0.1, -0.05) is 29.0 Å². The molecule has 2 rings (SSSR count). The van der Waals surface area contributed by atoms with Crippen LogP contribution in [0.4, 0.5) is 5.69 Å². The van der Waals surface area contributed by atoms with Gasteiger partial charge in [-0.15, -0.1) is 0 Å². The molecule has 7 heteroatoms. The molecule has 0 fully saturated rings. The summed E-state index contributed by atoms with van der Waals surface area (Å²) < 4.78 is 5.42. The van der Waals surface area contributed by atoms with E-state index < -0.39 is 4.92 Å². The van der Waals surface area contributed by atoms with E-state index in [9.17, 15) is 14.9 Å². The predicted octanol–water partition coefficient (Wildman–Crippen LogP) is 4.30. The molecule has 0 atom stereocenters. The molecular weight excluding hydrogens is 290 g/mol. The standard InChI is InChI=1S/C12H8ClNO4S/c1-7(15)11-6-10(14(16)17)12(19-11)18-9-4-2-3-8(13)5-9/h2-6H,1H3. The number of carbonyl (C=O) groups excluding carboxylic acids is 1. The molecule has 98 valence electrons. The molecule has 0 N–H and O–H groups in total. The van der Waals surface area contributed by atoms with Gasteiger partial charge < -0.3 is 4.74 Å². The van der Waals surface area contributed by atoms with Crippen LogP contribution in [0.5, 0.6) is 10.8 Å². The smallest absolute Gasteiger partial charge is 0.323 e. The summed E-state index contributed by atoms with van der Waals surface area (Å²) in [5.74, 6) is 0.140. The maximum atomic E-state index is 11.3. The molecule has 0 aliphatic carbocycles. The fourth-order valence-electron chi connectivity index (χ4n) is 1.38. The Kier molecular flexibility index (Phi) is 3.82. The van der Waals surface area contributed by atoms with E-state index in [1.54, 1.807) is 24.3 Å². The van der Waals surface area contributed by atoms with E-state index in [0.29, 0.717) is 10.8 Å². The molecule has 19 heavy (non-hydrogen) atoms. The third-order valence-electron chi connectivity index (χ3n) is 2.23. The Morgan fingerprint density at radius 3 is 2.74 bits per heavy atom. The first-order valence-electron chi connectivity index (χ1n) is 5.20. The minimum Gasteiger partial charge on any atom is -0.440 e. The topological polar surface area (TPSA) is 69.4 Å². The van der Waals surface area contributed by atoms with Crippen LogP contribution < -0.4 is 4.74 Å². The van der Waals surface area contributed by atoms with Crippen molar-refractivity contribution in [2.45, 2.75) is 6.92 Å². The average Bonchev–Trinajstić information content (AvgIpc) is 2.73. The second kappa shape index (κ2) is 5.38. The van der Waals surface area contributed by atoms with Crippen molar-refractivity contribution in [1.82, 2.24) is 0 Å². The summed E-state index contributed by atoms with van der Waals surface area (Å²) in [6.07, 6.45) is 0. The molecule has 1 heterocycles. The van der Waals surface area contributed by atoms with Crippen LogP contribution in [0.2, 0.25) is 5.02 Å². The van der Waals surface area contributed by atoms with E-state index in [0.717, 1.165) is 11.3 Å². The van der Waals surface area contributed by atoms with Crippen LogP contribution in [0, 0.1) is 10.1 Å². The van der Waals surface area contributed by atoms with Gasteiger partial charge in [0.2, 0.25) is 0 Å². The van der Waals surface area contributed by atoms with Crippen LogP contribution in [-0.4, -0.2) is 10.7 Å². The number of ether oxygens (including phenoxy) is 1. The Hall–Kier alpha value is -1.92. The molecule has 0 saturated carbocycles. The number of Topliss-reactive ketones (excluding diaryl/α,β-unsaturated/α-hetero) is 1. The van der Waals surface area contributed by atoms with Crippen LogP contribution >= 0.6 is 22.9 Å². The number of nitrogens with zero attached hydrogens (tertiary/aromatic N) is 1. The summed E-state index contributed by atoms with van der Waals surface area (Å²) in [6.45, 7) is 1.35. The van der Waals surface area contributed by atoms with Gasteiger partial charge in [-0.25, -0.2) is 0 Å². The number of halogens is 1. The number of benzene rings is 1. The summed E-state index contributed by atoms with van der Waals surface area (Å²) >= 11 is 6.74. The monoisotopic (exact) mass is 297 g/mol.